The summed E-state index contributed by atoms with van der Waals surface area (Å²) in [4.78, 5) is 14.5. The predicted molar refractivity (Wildman–Crippen MR) is 110 cm³/mol. The summed E-state index contributed by atoms with van der Waals surface area (Å²) in [6, 6.07) is 16.0. The minimum Gasteiger partial charge on any atom is -0.494 e. The van der Waals surface area contributed by atoms with Gasteiger partial charge in [-0.3, -0.25) is 4.79 Å². The van der Waals surface area contributed by atoms with E-state index >= 15 is 0 Å². The smallest absolute Gasteiger partial charge is 0.240 e. The molecule has 0 radical (unpaired) electrons. The van der Waals surface area contributed by atoms with E-state index in [4.69, 9.17) is 4.74 Å². The van der Waals surface area contributed by atoms with Gasteiger partial charge >= 0.3 is 0 Å². The van der Waals surface area contributed by atoms with Crippen molar-refractivity contribution in [3.05, 3.63) is 60.2 Å². The van der Waals surface area contributed by atoms with Crippen molar-refractivity contribution >= 4 is 15.9 Å². The van der Waals surface area contributed by atoms with Gasteiger partial charge in [-0.25, -0.2) is 13.1 Å². The van der Waals surface area contributed by atoms with E-state index in [2.05, 4.69) is 4.72 Å². The van der Waals surface area contributed by atoms with Crippen LogP contribution in [0.15, 0.2) is 59.5 Å². The van der Waals surface area contributed by atoms with Crippen molar-refractivity contribution in [2.45, 2.75) is 38.1 Å². The van der Waals surface area contributed by atoms with Crippen LogP contribution in [0.5, 0.6) is 5.75 Å². The van der Waals surface area contributed by atoms with Crippen LogP contribution in [-0.4, -0.2) is 38.9 Å². The lowest BCUT2D eigenvalue weighted by Crippen LogP contribution is -2.34. The number of sulfonamides is 1. The molecule has 0 aromatic heterocycles. The first kappa shape index (κ1) is 21.9. The largest absolute Gasteiger partial charge is 0.494 e. The summed E-state index contributed by atoms with van der Waals surface area (Å²) in [5.41, 5.74) is 1.05. The Morgan fingerprint density at radius 3 is 2.32 bits per heavy atom. The molecule has 2 aromatic rings. The standard InChI is InChI=1S/C21H28N2O4S/c1-3-16-23(17-18-8-6-5-7-9-18)21(24)14-15-22-28(25,26)20-12-10-19(11-13-20)27-4-2/h5-13,22H,3-4,14-17H2,1-2H3. The lowest BCUT2D eigenvalue weighted by molar-refractivity contribution is -0.131. The van der Waals surface area contributed by atoms with Gasteiger partial charge in [-0.15, -0.1) is 0 Å². The van der Waals surface area contributed by atoms with Gasteiger partial charge in [0.1, 0.15) is 5.75 Å². The highest BCUT2D eigenvalue weighted by Gasteiger charge is 2.17. The van der Waals surface area contributed by atoms with Gasteiger partial charge in [-0.05, 0) is 43.2 Å². The maximum atomic E-state index is 12.6. The monoisotopic (exact) mass is 404 g/mol. The van der Waals surface area contributed by atoms with Gasteiger partial charge in [0, 0.05) is 26.1 Å². The Bertz CT molecular complexity index is 836. The van der Waals surface area contributed by atoms with Gasteiger partial charge in [0.25, 0.3) is 0 Å². The molecule has 0 heterocycles. The molecular weight excluding hydrogens is 376 g/mol. The Morgan fingerprint density at radius 2 is 1.71 bits per heavy atom. The molecular formula is C21H28N2O4S. The van der Waals surface area contributed by atoms with E-state index < -0.39 is 10.0 Å². The molecule has 6 nitrogen and oxygen atoms in total. The zero-order valence-electron chi connectivity index (χ0n) is 16.4. The number of benzene rings is 2. The fourth-order valence-corrected chi connectivity index (χ4v) is 3.81. The number of nitrogens with zero attached hydrogens (tertiary/aromatic N) is 1. The van der Waals surface area contributed by atoms with Gasteiger partial charge in [0.15, 0.2) is 0 Å². The summed E-state index contributed by atoms with van der Waals surface area (Å²) in [5, 5.41) is 0. The molecule has 0 saturated heterocycles. The summed E-state index contributed by atoms with van der Waals surface area (Å²) in [5.74, 6) is 0.549. The molecule has 2 aromatic carbocycles. The normalized spacial score (nSPS) is 11.2. The second-order valence-corrected chi connectivity index (χ2v) is 8.12. The first-order chi connectivity index (χ1) is 13.5. The Morgan fingerprint density at radius 1 is 1.04 bits per heavy atom. The summed E-state index contributed by atoms with van der Waals surface area (Å²) in [6.07, 6.45) is 0.958. The number of hydrogen-bond acceptors (Lipinski definition) is 4. The fraction of sp³-hybridized carbons (Fsp3) is 0.381. The molecule has 0 aliphatic heterocycles. The van der Waals surface area contributed by atoms with Gasteiger partial charge in [-0.1, -0.05) is 37.3 Å². The Kier molecular flexibility index (Phi) is 8.47. The number of amides is 1. The molecule has 0 spiro atoms. The fourth-order valence-electron chi connectivity index (χ4n) is 2.78. The molecule has 7 heteroatoms. The van der Waals surface area contributed by atoms with Crippen LogP contribution in [-0.2, 0) is 21.4 Å². The second-order valence-electron chi connectivity index (χ2n) is 6.35. The summed E-state index contributed by atoms with van der Waals surface area (Å²) < 4.78 is 32.6. The number of carbonyl (C=O) groups excluding carboxylic acids is 1. The van der Waals surface area contributed by atoms with Crippen LogP contribution in [0.25, 0.3) is 0 Å². The second kappa shape index (κ2) is 10.8. The molecule has 152 valence electrons. The van der Waals surface area contributed by atoms with E-state index in [1.165, 1.54) is 12.1 Å². The van der Waals surface area contributed by atoms with Crippen molar-refractivity contribution in [1.29, 1.82) is 0 Å². The van der Waals surface area contributed by atoms with E-state index in [-0.39, 0.29) is 23.8 Å². The Balaban J connectivity index is 1.91. The lowest BCUT2D eigenvalue weighted by atomic mass is 10.2. The van der Waals surface area contributed by atoms with E-state index in [1.807, 2.05) is 44.2 Å². The number of nitrogens with one attached hydrogen (secondary N) is 1. The number of hydrogen-bond donors (Lipinski definition) is 1. The molecule has 1 amide bonds. The third-order valence-electron chi connectivity index (χ3n) is 4.14. The van der Waals surface area contributed by atoms with Crippen LogP contribution in [0.4, 0.5) is 0 Å². The highest BCUT2D eigenvalue weighted by molar-refractivity contribution is 7.89. The molecule has 0 fully saturated rings. The number of ether oxygens (including phenoxy) is 1. The van der Waals surface area contributed by atoms with Crippen molar-refractivity contribution in [2.24, 2.45) is 0 Å². The highest BCUT2D eigenvalue weighted by atomic mass is 32.2. The molecule has 0 aliphatic carbocycles. The van der Waals surface area contributed by atoms with Crippen molar-refractivity contribution in [3.8, 4) is 5.75 Å². The van der Waals surface area contributed by atoms with Crippen LogP contribution in [0, 0.1) is 0 Å². The first-order valence-corrected chi connectivity index (χ1v) is 11.0. The van der Waals surface area contributed by atoms with Gasteiger partial charge in [0.2, 0.25) is 15.9 Å². The van der Waals surface area contributed by atoms with Crippen LogP contribution in [0.2, 0.25) is 0 Å². The minimum atomic E-state index is -3.66. The first-order valence-electron chi connectivity index (χ1n) is 9.50. The summed E-state index contributed by atoms with van der Waals surface area (Å²) >= 11 is 0. The Hall–Kier alpha value is -2.38. The van der Waals surface area contributed by atoms with Crippen LogP contribution in [0.1, 0.15) is 32.3 Å². The maximum absolute atomic E-state index is 12.6. The van der Waals surface area contributed by atoms with Crippen molar-refractivity contribution in [2.75, 3.05) is 19.7 Å². The average Bonchev–Trinajstić information content (AvgIpc) is 2.69. The molecule has 0 saturated carbocycles. The van der Waals surface area contributed by atoms with Crippen LogP contribution < -0.4 is 9.46 Å². The molecule has 2 rings (SSSR count). The van der Waals surface area contributed by atoms with Crippen molar-refractivity contribution in [1.82, 2.24) is 9.62 Å². The Labute approximate surface area is 167 Å². The van der Waals surface area contributed by atoms with Crippen LogP contribution in [0.3, 0.4) is 0 Å². The predicted octanol–water partition coefficient (Wildman–Crippen LogP) is 3.19. The molecule has 0 atom stereocenters. The van der Waals surface area contributed by atoms with E-state index in [0.717, 1.165) is 12.0 Å². The number of carbonyl (C=O) groups is 1. The van der Waals surface area contributed by atoms with E-state index in [9.17, 15) is 13.2 Å². The summed E-state index contributed by atoms with van der Waals surface area (Å²) in [6.45, 7) is 5.62. The minimum absolute atomic E-state index is 0.0589. The quantitative estimate of drug-likeness (QED) is 0.624. The third kappa shape index (κ3) is 6.65. The molecule has 0 aliphatic rings. The maximum Gasteiger partial charge on any atom is 0.240 e. The van der Waals surface area contributed by atoms with Crippen molar-refractivity contribution < 1.29 is 17.9 Å². The van der Waals surface area contributed by atoms with Crippen LogP contribution >= 0.6 is 0 Å². The van der Waals surface area contributed by atoms with Gasteiger partial charge in [-0.2, -0.15) is 0 Å². The molecule has 0 bridgehead atoms. The topological polar surface area (TPSA) is 75.7 Å². The highest BCUT2D eigenvalue weighted by Crippen LogP contribution is 2.16. The van der Waals surface area contributed by atoms with E-state index in [0.29, 0.717) is 25.4 Å². The third-order valence-corrected chi connectivity index (χ3v) is 5.62. The van der Waals surface area contributed by atoms with Crippen molar-refractivity contribution in [3.63, 3.8) is 0 Å². The zero-order valence-corrected chi connectivity index (χ0v) is 17.2. The molecule has 28 heavy (non-hydrogen) atoms. The summed E-state index contributed by atoms with van der Waals surface area (Å²) in [7, 11) is -3.66. The van der Waals surface area contributed by atoms with E-state index in [1.54, 1.807) is 17.0 Å². The molecule has 0 unspecified atom stereocenters. The molecule has 1 N–H and O–H groups in total. The SMILES string of the molecule is CCCN(Cc1ccccc1)C(=O)CCNS(=O)(=O)c1ccc(OCC)cc1. The zero-order chi connectivity index (χ0) is 20.4. The van der Waals surface area contributed by atoms with Gasteiger partial charge in [0.05, 0.1) is 11.5 Å². The lowest BCUT2D eigenvalue weighted by Gasteiger charge is -2.22. The average molecular weight is 405 g/mol. The van der Waals surface area contributed by atoms with Gasteiger partial charge < -0.3 is 9.64 Å². The number of rotatable bonds is 11.